The van der Waals surface area contributed by atoms with E-state index < -0.39 is 15.8 Å². The monoisotopic (exact) mass is 388 g/mol. The molecule has 0 aliphatic rings. The molecule has 0 bridgehead atoms. The molecule has 0 aliphatic carbocycles. The summed E-state index contributed by atoms with van der Waals surface area (Å²) in [5.41, 5.74) is 2.03. The van der Waals surface area contributed by atoms with Crippen LogP contribution in [-0.2, 0) is 16.6 Å². The van der Waals surface area contributed by atoms with Crippen LogP contribution >= 0.6 is 0 Å². The van der Waals surface area contributed by atoms with E-state index in [9.17, 15) is 17.6 Å². The van der Waals surface area contributed by atoms with Gasteiger partial charge < -0.3 is 4.98 Å². The van der Waals surface area contributed by atoms with Gasteiger partial charge >= 0.3 is 0 Å². The number of benzene rings is 2. The normalized spacial score (nSPS) is 12.0. The Bertz CT molecular complexity index is 1170. The fourth-order valence-corrected chi connectivity index (χ4v) is 3.89. The first kappa shape index (κ1) is 19.3. The van der Waals surface area contributed by atoms with Crippen LogP contribution in [0, 0.1) is 12.7 Å². The van der Waals surface area contributed by atoms with Gasteiger partial charge in [0.1, 0.15) is 5.82 Å². The van der Waals surface area contributed by atoms with Crippen molar-refractivity contribution in [3.8, 4) is 0 Å². The fourth-order valence-electron chi connectivity index (χ4n) is 2.80. The largest absolute Gasteiger partial charge is 0.322 e. The Balaban J connectivity index is 1.90. The first-order valence-corrected chi connectivity index (χ1v) is 10.1. The summed E-state index contributed by atoms with van der Waals surface area (Å²) >= 11 is 0. The molecule has 3 aromatic rings. The Morgan fingerprint density at radius 1 is 1.11 bits per heavy atom. The zero-order valence-corrected chi connectivity index (χ0v) is 16.2. The summed E-state index contributed by atoms with van der Waals surface area (Å²) in [6, 6.07) is 11.1. The summed E-state index contributed by atoms with van der Waals surface area (Å²) in [6.45, 7) is 5.49. The number of rotatable bonds is 5. The van der Waals surface area contributed by atoms with E-state index in [4.69, 9.17) is 0 Å². The molecule has 1 aromatic heterocycles. The number of aromatic nitrogens is 1. The van der Waals surface area contributed by atoms with Crippen molar-refractivity contribution in [2.24, 2.45) is 0 Å². The van der Waals surface area contributed by atoms with Crippen LogP contribution in [-0.4, -0.2) is 13.4 Å². The van der Waals surface area contributed by atoms with Gasteiger partial charge in [0.2, 0.25) is 10.0 Å². The van der Waals surface area contributed by atoms with E-state index in [1.165, 1.54) is 19.1 Å². The van der Waals surface area contributed by atoms with E-state index in [0.717, 1.165) is 17.0 Å². The van der Waals surface area contributed by atoms with Gasteiger partial charge in [0.05, 0.1) is 4.90 Å². The Morgan fingerprint density at radius 2 is 1.85 bits per heavy atom. The number of H-pyrrole nitrogens is 1. The van der Waals surface area contributed by atoms with Crippen LogP contribution in [0.1, 0.15) is 36.5 Å². The lowest BCUT2D eigenvalue weighted by molar-refractivity contribution is 0.579. The number of hydrogen-bond donors (Lipinski definition) is 2. The lowest BCUT2D eigenvalue weighted by Crippen LogP contribution is -2.27. The predicted octanol–water partition coefficient (Wildman–Crippen LogP) is 3.58. The molecule has 0 fully saturated rings. The number of halogens is 1. The average molecular weight is 388 g/mol. The summed E-state index contributed by atoms with van der Waals surface area (Å²) in [5, 5.41) is 0.840. The van der Waals surface area contributed by atoms with Crippen LogP contribution in [0.3, 0.4) is 0 Å². The van der Waals surface area contributed by atoms with Gasteiger partial charge in [0.15, 0.2) is 0 Å². The lowest BCUT2D eigenvalue weighted by Gasteiger charge is -2.10. The minimum Gasteiger partial charge on any atom is -0.322 e. The molecule has 1 heterocycles. The van der Waals surface area contributed by atoms with Crippen LogP contribution in [0.15, 0.2) is 52.2 Å². The summed E-state index contributed by atoms with van der Waals surface area (Å²) in [5.74, 6) is -0.133. The zero-order valence-electron chi connectivity index (χ0n) is 15.3. The summed E-state index contributed by atoms with van der Waals surface area (Å²) in [4.78, 5) is 15.0. The summed E-state index contributed by atoms with van der Waals surface area (Å²) < 4.78 is 40.7. The molecule has 0 saturated heterocycles. The molecule has 3 rings (SSSR count). The third-order valence-corrected chi connectivity index (χ3v) is 5.90. The highest BCUT2D eigenvalue weighted by Crippen LogP contribution is 2.20. The third kappa shape index (κ3) is 4.09. The van der Waals surface area contributed by atoms with Crippen LogP contribution in [0.25, 0.3) is 10.9 Å². The highest BCUT2D eigenvalue weighted by atomic mass is 32.2. The number of sulfonamides is 1. The number of hydrogen-bond acceptors (Lipinski definition) is 3. The van der Waals surface area contributed by atoms with Crippen molar-refractivity contribution < 1.29 is 12.8 Å². The van der Waals surface area contributed by atoms with Gasteiger partial charge in [-0.25, -0.2) is 17.5 Å². The molecule has 27 heavy (non-hydrogen) atoms. The average Bonchev–Trinajstić information content (AvgIpc) is 2.61. The smallest absolute Gasteiger partial charge is 0.252 e. The van der Waals surface area contributed by atoms with Crippen molar-refractivity contribution in [1.82, 2.24) is 9.71 Å². The van der Waals surface area contributed by atoms with E-state index in [1.54, 1.807) is 6.07 Å². The van der Waals surface area contributed by atoms with Gasteiger partial charge in [-0.05, 0) is 65.8 Å². The molecule has 142 valence electrons. The number of fused-ring (bicyclic) bond motifs is 1. The molecule has 2 aromatic carbocycles. The molecule has 0 unspecified atom stereocenters. The molecule has 0 amide bonds. The van der Waals surface area contributed by atoms with Crippen LogP contribution < -0.4 is 10.3 Å². The van der Waals surface area contributed by atoms with Crippen molar-refractivity contribution in [2.75, 3.05) is 0 Å². The Morgan fingerprint density at radius 3 is 2.52 bits per heavy atom. The minimum atomic E-state index is -3.86. The highest BCUT2D eigenvalue weighted by molar-refractivity contribution is 7.89. The second-order valence-corrected chi connectivity index (χ2v) is 8.63. The molecular formula is C20H21FN2O3S. The SMILES string of the molecule is Cc1cc(S(=O)(=O)NCc2cc3cc(C(C)C)ccc3[nH]c2=O)ccc1F. The molecule has 5 nitrogen and oxygen atoms in total. The second-order valence-electron chi connectivity index (χ2n) is 6.86. The molecule has 0 aliphatic heterocycles. The van der Waals surface area contributed by atoms with Crippen LogP contribution in [0.4, 0.5) is 4.39 Å². The quantitative estimate of drug-likeness (QED) is 0.701. The van der Waals surface area contributed by atoms with E-state index >= 15 is 0 Å². The number of pyridine rings is 1. The van der Waals surface area contributed by atoms with Gasteiger partial charge in [-0.15, -0.1) is 0 Å². The van der Waals surface area contributed by atoms with Gasteiger partial charge in [0.25, 0.3) is 5.56 Å². The van der Waals surface area contributed by atoms with Gasteiger partial charge in [-0.2, -0.15) is 0 Å². The molecule has 0 radical (unpaired) electrons. The molecule has 7 heteroatoms. The van der Waals surface area contributed by atoms with Crippen molar-refractivity contribution in [1.29, 1.82) is 0 Å². The molecule has 0 saturated carbocycles. The van der Waals surface area contributed by atoms with E-state index in [-0.39, 0.29) is 22.6 Å². The van der Waals surface area contributed by atoms with Crippen LogP contribution in [0.2, 0.25) is 0 Å². The summed E-state index contributed by atoms with van der Waals surface area (Å²) in [7, 11) is -3.86. The topological polar surface area (TPSA) is 79.0 Å². The standard InChI is InChI=1S/C20H21FN2O3S/c1-12(2)14-4-7-19-15(9-14)10-16(20(24)23-19)11-22-27(25,26)17-5-6-18(21)13(3)8-17/h4-10,12,22H,11H2,1-3H3,(H,23,24). The van der Waals surface area contributed by atoms with Crippen LogP contribution in [0.5, 0.6) is 0 Å². The summed E-state index contributed by atoms with van der Waals surface area (Å²) in [6.07, 6.45) is 0. The maximum atomic E-state index is 13.4. The number of aryl methyl sites for hydroxylation is 1. The lowest BCUT2D eigenvalue weighted by atomic mass is 10.0. The predicted molar refractivity (Wildman–Crippen MR) is 104 cm³/mol. The van der Waals surface area contributed by atoms with E-state index in [0.29, 0.717) is 17.0 Å². The molecular weight excluding hydrogens is 367 g/mol. The van der Waals surface area contributed by atoms with Crippen molar-refractivity contribution in [3.63, 3.8) is 0 Å². The Hall–Kier alpha value is -2.51. The molecule has 0 atom stereocenters. The van der Waals surface area contributed by atoms with E-state index in [2.05, 4.69) is 23.6 Å². The Kier molecular flexibility index (Phi) is 5.17. The van der Waals surface area contributed by atoms with Crippen molar-refractivity contribution >= 4 is 20.9 Å². The van der Waals surface area contributed by atoms with Gasteiger partial charge in [-0.3, -0.25) is 4.79 Å². The molecule has 0 spiro atoms. The first-order chi connectivity index (χ1) is 12.7. The Labute approximate surface area is 157 Å². The second kappa shape index (κ2) is 7.25. The van der Waals surface area contributed by atoms with Crippen molar-refractivity contribution in [3.05, 3.63) is 75.3 Å². The maximum Gasteiger partial charge on any atom is 0.252 e. The van der Waals surface area contributed by atoms with Crippen molar-refractivity contribution in [2.45, 2.75) is 38.1 Å². The zero-order chi connectivity index (χ0) is 19.8. The van der Waals surface area contributed by atoms with Gasteiger partial charge in [0, 0.05) is 17.6 Å². The first-order valence-electron chi connectivity index (χ1n) is 8.59. The van der Waals surface area contributed by atoms with Gasteiger partial charge in [-0.1, -0.05) is 19.9 Å². The van der Waals surface area contributed by atoms with E-state index in [1.807, 2.05) is 18.2 Å². The molecule has 2 N–H and O–H groups in total. The highest BCUT2D eigenvalue weighted by Gasteiger charge is 2.16. The maximum absolute atomic E-state index is 13.4. The minimum absolute atomic E-state index is 0.0410. The third-order valence-electron chi connectivity index (χ3n) is 4.50. The fraction of sp³-hybridized carbons (Fsp3) is 0.250. The number of nitrogens with one attached hydrogen (secondary N) is 2. The number of aromatic amines is 1.